The molecule has 2 rings (SSSR count). The third-order valence-corrected chi connectivity index (χ3v) is 2.80. The van der Waals surface area contributed by atoms with E-state index < -0.39 is 11.7 Å². The van der Waals surface area contributed by atoms with E-state index in [1.807, 2.05) is 0 Å². The molecule has 0 heterocycles. The zero-order chi connectivity index (χ0) is 14.0. The molecule has 0 aromatic heterocycles. The summed E-state index contributed by atoms with van der Waals surface area (Å²) < 4.78 is 13.0. The van der Waals surface area contributed by atoms with Crippen LogP contribution in [-0.2, 0) is 0 Å². The third kappa shape index (κ3) is 2.95. The number of rotatable bonds is 3. The first-order valence-corrected chi connectivity index (χ1v) is 5.76. The number of nitrogens with two attached hydrogens (primary N) is 2. The third-order valence-electron chi connectivity index (χ3n) is 2.51. The van der Waals surface area contributed by atoms with Gasteiger partial charge >= 0.3 is 0 Å². The van der Waals surface area contributed by atoms with Crippen LogP contribution in [0.3, 0.4) is 0 Å². The molecule has 2 aromatic rings. The van der Waals surface area contributed by atoms with Gasteiger partial charge in [-0.05, 0) is 36.4 Å². The van der Waals surface area contributed by atoms with Gasteiger partial charge in [-0.1, -0.05) is 11.6 Å². The quantitative estimate of drug-likeness (QED) is 0.756. The lowest BCUT2D eigenvalue weighted by Crippen LogP contribution is -2.13. The highest BCUT2D eigenvalue weighted by Crippen LogP contribution is 2.25. The summed E-state index contributed by atoms with van der Waals surface area (Å²) in [4.78, 5) is 11.3. The molecule has 5 N–H and O–H groups in total. The van der Waals surface area contributed by atoms with E-state index in [1.165, 1.54) is 24.3 Å². The summed E-state index contributed by atoms with van der Waals surface area (Å²) in [6.07, 6.45) is 0. The Hall–Kier alpha value is -2.27. The van der Waals surface area contributed by atoms with Crippen LogP contribution in [0, 0.1) is 5.82 Å². The molecule has 0 aliphatic heterocycles. The molecular weight excluding hydrogens is 269 g/mol. The van der Waals surface area contributed by atoms with Crippen molar-refractivity contribution in [3.8, 4) is 0 Å². The van der Waals surface area contributed by atoms with Gasteiger partial charge in [0.05, 0.1) is 16.3 Å². The van der Waals surface area contributed by atoms with Crippen LogP contribution in [0.5, 0.6) is 0 Å². The standard InChI is InChI=1S/C13H11ClFN3O/c14-10-6-8(2-3-11(10)15)18-12-4-1-7(16)5-9(12)13(17)19/h1-6,18H,16H2,(H2,17,19). The van der Waals surface area contributed by atoms with Crippen LogP contribution in [0.1, 0.15) is 10.4 Å². The second-order valence-electron chi connectivity index (χ2n) is 3.92. The minimum absolute atomic E-state index is 0.0129. The molecule has 2 aromatic carbocycles. The van der Waals surface area contributed by atoms with Crippen LogP contribution in [0.25, 0.3) is 0 Å². The summed E-state index contributed by atoms with van der Waals surface area (Å²) in [5.74, 6) is -1.12. The summed E-state index contributed by atoms with van der Waals surface area (Å²) in [7, 11) is 0. The molecule has 0 atom stereocenters. The van der Waals surface area contributed by atoms with Crippen molar-refractivity contribution in [1.29, 1.82) is 0 Å². The average molecular weight is 280 g/mol. The van der Waals surface area contributed by atoms with E-state index in [0.717, 1.165) is 0 Å². The van der Waals surface area contributed by atoms with Crippen molar-refractivity contribution >= 4 is 34.6 Å². The number of anilines is 3. The van der Waals surface area contributed by atoms with Gasteiger partial charge in [0.1, 0.15) is 5.82 Å². The van der Waals surface area contributed by atoms with E-state index in [9.17, 15) is 9.18 Å². The molecule has 0 bridgehead atoms. The Kier molecular flexibility index (Phi) is 3.57. The Bertz CT molecular complexity index is 646. The molecule has 6 heteroatoms. The fraction of sp³-hybridized carbons (Fsp3) is 0. The summed E-state index contributed by atoms with van der Waals surface area (Å²) in [5.41, 5.74) is 12.6. The summed E-state index contributed by atoms with van der Waals surface area (Å²) in [6, 6.07) is 8.86. The minimum atomic E-state index is -0.608. The number of nitrogens with one attached hydrogen (secondary N) is 1. The number of hydrogen-bond acceptors (Lipinski definition) is 3. The predicted molar refractivity (Wildman–Crippen MR) is 74.1 cm³/mol. The van der Waals surface area contributed by atoms with Crippen LogP contribution in [0.15, 0.2) is 36.4 Å². The maximum absolute atomic E-state index is 13.0. The first kappa shape index (κ1) is 13.2. The van der Waals surface area contributed by atoms with Crippen molar-refractivity contribution in [2.75, 3.05) is 11.1 Å². The number of primary amides is 1. The van der Waals surface area contributed by atoms with Crippen molar-refractivity contribution < 1.29 is 9.18 Å². The van der Waals surface area contributed by atoms with Crippen molar-refractivity contribution in [3.63, 3.8) is 0 Å². The molecule has 4 nitrogen and oxygen atoms in total. The number of halogens is 2. The van der Waals surface area contributed by atoms with E-state index >= 15 is 0 Å². The Labute approximate surface area is 114 Å². The highest BCUT2D eigenvalue weighted by molar-refractivity contribution is 6.31. The Morgan fingerprint density at radius 2 is 1.95 bits per heavy atom. The number of nitrogen functional groups attached to an aromatic ring is 1. The maximum Gasteiger partial charge on any atom is 0.250 e. The number of carbonyl (C=O) groups is 1. The number of benzene rings is 2. The fourth-order valence-electron chi connectivity index (χ4n) is 1.60. The van der Waals surface area contributed by atoms with Crippen molar-refractivity contribution in [1.82, 2.24) is 0 Å². The Morgan fingerprint density at radius 3 is 2.58 bits per heavy atom. The fourth-order valence-corrected chi connectivity index (χ4v) is 1.78. The van der Waals surface area contributed by atoms with Gasteiger partial charge in [0, 0.05) is 11.4 Å². The zero-order valence-electron chi connectivity index (χ0n) is 9.78. The molecule has 98 valence electrons. The highest BCUT2D eigenvalue weighted by atomic mass is 35.5. The first-order valence-electron chi connectivity index (χ1n) is 5.39. The molecule has 0 saturated carbocycles. The molecule has 0 fully saturated rings. The van der Waals surface area contributed by atoms with Crippen LogP contribution < -0.4 is 16.8 Å². The lowest BCUT2D eigenvalue weighted by Gasteiger charge is -2.11. The lowest BCUT2D eigenvalue weighted by molar-refractivity contribution is 0.100. The second-order valence-corrected chi connectivity index (χ2v) is 4.33. The molecule has 19 heavy (non-hydrogen) atoms. The highest BCUT2D eigenvalue weighted by Gasteiger charge is 2.09. The van der Waals surface area contributed by atoms with Gasteiger partial charge in [-0.3, -0.25) is 4.79 Å². The summed E-state index contributed by atoms with van der Waals surface area (Å²) in [6.45, 7) is 0. The van der Waals surface area contributed by atoms with Crippen LogP contribution in [-0.4, -0.2) is 5.91 Å². The lowest BCUT2D eigenvalue weighted by atomic mass is 10.1. The van der Waals surface area contributed by atoms with Crippen LogP contribution >= 0.6 is 11.6 Å². The minimum Gasteiger partial charge on any atom is -0.399 e. The van der Waals surface area contributed by atoms with E-state index in [1.54, 1.807) is 12.1 Å². The van der Waals surface area contributed by atoms with E-state index in [4.69, 9.17) is 23.1 Å². The van der Waals surface area contributed by atoms with Gasteiger partial charge in [-0.25, -0.2) is 4.39 Å². The second kappa shape index (κ2) is 5.16. The predicted octanol–water partition coefficient (Wildman–Crippen LogP) is 2.90. The molecule has 1 amide bonds. The summed E-state index contributed by atoms with van der Waals surface area (Å²) in [5, 5.41) is 2.93. The van der Waals surface area contributed by atoms with E-state index in [0.29, 0.717) is 17.1 Å². The van der Waals surface area contributed by atoms with Gasteiger partial charge in [-0.15, -0.1) is 0 Å². The van der Waals surface area contributed by atoms with Gasteiger partial charge in [0.2, 0.25) is 0 Å². The molecule has 0 saturated heterocycles. The normalized spacial score (nSPS) is 10.2. The Balaban J connectivity index is 2.37. The molecule has 0 aliphatic carbocycles. The summed E-state index contributed by atoms with van der Waals surface area (Å²) >= 11 is 5.68. The van der Waals surface area contributed by atoms with E-state index in [2.05, 4.69) is 5.32 Å². The smallest absolute Gasteiger partial charge is 0.250 e. The molecule has 0 unspecified atom stereocenters. The van der Waals surface area contributed by atoms with Gasteiger partial charge < -0.3 is 16.8 Å². The Morgan fingerprint density at radius 1 is 1.21 bits per heavy atom. The number of carbonyl (C=O) groups excluding carboxylic acids is 1. The SMILES string of the molecule is NC(=O)c1cc(N)ccc1Nc1ccc(F)c(Cl)c1. The van der Waals surface area contributed by atoms with Crippen LogP contribution in [0.4, 0.5) is 21.5 Å². The largest absolute Gasteiger partial charge is 0.399 e. The maximum atomic E-state index is 13.0. The van der Waals surface area contributed by atoms with Crippen LogP contribution in [0.2, 0.25) is 5.02 Å². The van der Waals surface area contributed by atoms with E-state index in [-0.39, 0.29) is 10.6 Å². The molecular formula is C13H11ClFN3O. The molecule has 0 radical (unpaired) electrons. The van der Waals surface area contributed by atoms with Gasteiger partial charge in [0.25, 0.3) is 5.91 Å². The monoisotopic (exact) mass is 279 g/mol. The topological polar surface area (TPSA) is 81.1 Å². The van der Waals surface area contributed by atoms with Gasteiger partial charge in [-0.2, -0.15) is 0 Å². The molecule has 0 spiro atoms. The number of amides is 1. The number of hydrogen-bond donors (Lipinski definition) is 3. The molecule has 0 aliphatic rings. The van der Waals surface area contributed by atoms with Gasteiger partial charge in [0.15, 0.2) is 0 Å². The zero-order valence-corrected chi connectivity index (χ0v) is 10.5. The first-order chi connectivity index (χ1) is 8.97. The van der Waals surface area contributed by atoms with Crippen molar-refractivity contribution in [2.45, 2.75) is 0 Å². The van der Waals surface area contributed by atoms with Crippen molar-refractivity contribution in [2.24, 2.45) is 5.73 Å². The average Bonchev–Trinajstić information content (AvgIpc) is 2.36. The van der Waals surface area contributed by atoms with Crippen molar-refractivity contribution in [3.05, 3.63) is 52.8 Å².